The Hall–Kier alpha value is -1.33. The summed E-state index contributed by atoms with van der Waals surface area (Å²) in [4.78, 5) is 11.2. The van der Waals surface area contributed by atoms with Gasteiger partial charge in [0.1, 0.15) is 5.69 Å². The van der Waals surface area contributed by atoms with Crippen molar-refractivity contribution >= 4 is 35.9 Å². The number of halogens is 4. The van der Waals surface area contributed by atoms with Crippen LogP contribution in [0, 0.1) is 0 Å². The Bertz CT molecular complexity index is 513. The van der Waals surface area contributed by atoms with Crippen LogP contribution in [0.1, 0.15) is 26.5 Å². The predicted molar refractivity (Wildman–Crippen MR) is 95.2 cm³/mol. The maximum atomic E-state index is 12.5. The van der Waals surface area contributed by atoms with Gasteiger partial charge in [-0.05, 0) is 26.8 Å². The molecule has 0 atom stereocenters. The molecule has 23 heavy (non-hydrogen) atoms. The van der Waals surface area contributed by atoms with E-state index in [-0.39, 0.29) is 35.5 Å². The topological polar surface area (TPSA) is 74.2 Å². The van der Waals surface area contributed by atoms with Crippen molar-refractivity contribution < 1.29 is 13.2 Å². The fourth-order valence-corrected chi connectivity index (χ4v) is 1.49. The lowest BCUT2D eigenvalue weighted by atomic mass is 10.1. The van der Waals surface area contributed by atoms with Gasteiger partial charge in [-0.3, -0.25) is 4.99 Å². The summed E-state index contributed by atoms with van der Waals surface area (Å²) in [5, 5.41) is 8.94. The van der Waals surface area contributed by atoms with Gasteiger partial charge < -0.3 is 16.0 Å². The second-order valence-electron chi connectivity index (χ2n) is 5.56. The number of rotatable bonds is 4. The monoisotopic (exact) mass is 446 g/mol. The lowest BCUT2D eigenvalue weighted by Gasteiger charge is -2.23. The Balaban J connectivity index is 0.00000484. The molecule has 0 fully saturated rings. The first kappa shape index (κ1) is 21.7. The third kappa shape index (κ3) is 8.77. The second-order valence-corrected chi connectivity index (χ2v) is 5.56. The molecule has 0 aliphatic heterocycles. The van der Waals surface area contributed by atoms with Gasteiger partial charge in [-0.1, -0.05) is 0 Å². The van der Waals surface area contributed by atoms with Gasteiger partial charge in [0.05, 0.1) is 0 Å². The summed E-state index contributed by atoms with van der Waals surface area (Å²) in [5.74, 6) is 0.551. The Morgan fingerprint density at radius 2 is 1.87 bits per heavy atom. The van der Waals surface area contributed by atoms with E-state index in [9.17, 15) is 13.2 Å². The molecule has 1 aromatic heterocycles. The first-order valence-corrected chi connectivity index (χ1v) is 6.75. The van der Waals surface area contributed by atoms with E-state index in [2.05, 4.69) is 30.9 Å². The van der Waals surface area contributed by atoms with E-state index < -0.39 is 11.9 Å². The first-order chi connectivity index (χ1) is 10.1. The smallest absolute Gasteiger partial charge is 0.355 e. The molecular formula is C13H22F3IN6. The Kier molecular flexibility index (Phi) is 8.56. The molecule has 0 saturated carbocycles. The standard InChI is InChI=1S/C13H21F3N6.HI/c1-12(2,3)22-10(17-4)19-7-8-20-11-18-6-5-9(21-11)13(14,15)16;/h5-6H,7-8H2,1-4H3,(H2,17,19,22)(H,18,20,21);1H. The minimum absolute atomic E-state index is 0. The molecule has 0 aliphatic carbocycles. The van der Waals surface area contributed by atoms with Crippen LogP contribution < -0.4 is 16.0 Å². The number of aromatic nitrogens is 2. The third-order valence-electron chi connectivity index (χ3n) is 2.36. The highest BCUT2D eigenvalue weighted by atomic mass is 127. The molecule has 6 nitrogen and oxygen atoms in total. The highest BCUT2D eigenvalue weighted by molar-refractivity contribution is 14.0. The van der Waals surface area contributed by atoms with Crippen LogP contribution in [-0.2, 0) is 6.18 Å². The minimum atomic E-state index is -4.48. The molecule has 0 radical (unpaired) electrons. The van der Waals surface area contributed by atoms with E-state index in [0.29, 0.717) is 19.0 Å². The van der Waals surface area contributed by atoms with Gasteiger partial charge in [0, 0.05) is 31.9 Å². The van der Waals surface area contributed by atoms with Gasteiger partial charge in [0.15, 0.2) is 5.96 Å². The molecule has 0 aliphatic rings. The van der Waals surface area contributed by atoms with E-state index in [1.54, 1.807) is 7.05 Å². The van der Waals surface area contributed by atoms with Crippen LogP contribution in [0.5, 0.6) is 0 Å². The zero-order valence-electron chi connectivity index (χ0n) is 13.5. The van der Waals surface area contributed by atoms with E-state index in [0.717, 1.165) is 12.3 Å². The number of alkyl halides is 3. The predicted octanol–water partition coefficient (Wildman–Crippen LogP) is 2.49. The summed E-state index contributed by atoms with van der Waals surface area (Å²) >= 11 is 0. The van der Waals surface area contributed by atoms with Crippen molar-refractivity contribution in [2.24, 2.45) is 4.99 Å². The Morgan fingerprint density at radius 3 is 2.39 bits per heavy atom. The molecule has 1 rings (SSSR count). The van der Waals surface area contributed by atoms with Gasteiger partial charge in [-0.25, -0.2) is 9.97 Å². The number of hydrogen-bond donors (Lipinski definition) is 3. The summed E-state index contributed by atoms with van der Waals surface area (Å²) in [6, 6.07) is 0.832. The first-order valence-electron chi connectivity index (χ1n) is 6.75. The molecule has 1 heterocycles. The number of guanidine groups is 1. The van der Waals surface area contributed by atoms with Crippen LogP contribution in [0.3, 0.4) is 0 Å². The number of nitrogens with one attached hydrogen (secondary N) is 3. The van der Waals surface area contributed by atoms with E-state index in [4.69, 9.17) is 0 Å². The Morgan fingerprint density at radius 1 is 1.22 bits per heavy atom. The van der Waals surface area contributed by atoms with Gasteiger partial charge in [-0.15, -0.1) is 24.0 Å². The zero-order valence-corrected chi connectivity index (χ0v) is 15.8. The normalized spacial score (nSPS) is 12.4. The van der Waals surface area contributed by atoms with Crippen molar-refractivity contribution in [1.29, 1.82) is 0 Å². The lowest BCUT2D eigenvalue weighted by Crippen LogP contribution is -2.48. The molecule has 10 heteroatoms. The molecule has 3 N–H and O–H groups in total. The van der Waals surface area contributed by atoms with E-state index >= 15 is 0 Å². The largest absolute Gasteiger partial charge is 0.433 e. The van der Waals surface area contributed by atoms with Crippen molar-refractivity contribution in [1.82, 2.24) is 20.6 Å². The molecule has 0 unspecified atom stereocenters. The van der Waals surface area contributed by atoms with Crippen LogP contribution in [0.15, 0.2) is 17.3 Å². The molecule has 0 aromatic carbocycles. The van der Waals surface area contributed by atoms with Crippen molar-refractivity contribution in [3.05, 3.63) is 18.0 Å². The van der Waals surface area contributed by atoms with Crippen LogP contribution in [0.4, 0.5) is 19.1 Å². The molecule has 0 amide bonds. The minimum Gasteiger partial charge on any atom is -0.355 e. The molecule has 1 aromatic rings. The van der Waals surface area contributed by atoms with Crippen molar-refractivity contribution in [2.45, 2.75) is 32.5 Å². The number of nitrogens with zero attached hydrogens (tertiary/aromatic N) is 3. The SMILES string of the molecule is CN=C(NCCNc1nccc(C(F)(F)F)n1)NC(C)(C)C.I. The average molecular weight is 446 g/mol. The molecule has 0 bridgehead atoms. The van der Waals surface area contributed by atoms with E-state index in [1.807, 2.05) is 20.8 Å². The third-order valence-corrected chi connectivity index (χ3v) is 2.36. The highest BCUT2D eigenvalue weighted by Gasteiger charge is 2.32. The fraction of sp³-hybridized carbons (Fsp3) is 0.615. The number of hydrogen-bond acceptors (Lipinski definition) is 4. The average Bonchev–Trinajstić information content (AvgIpc) is 2.40. The van der Waals surface area contributed by atoms with Crippen molar-refractivity contribution in [3.8, 4) is 0 Å². The summed E-state index contributed by atoms with van der Waals surface area (Å²) in [6.07, 6.45) is -3.40. The van der Waals surface area contributed by atoms with Crippen molar-refractivity contribution in [3.63, 3.8) is 0 Å². The molecule has 0 saturated heterocycles. The maximum Gasteiger partial charge on any atom is 0.433 e. The summed E-state index contributed by atoms with van der Waals surface area (Å²) in [6.45, 7) is 6.79. The molecule has 0 spiro atoms. The molecule has 132 valence electrons. The second kappa shape index (κ2) is 9.08. The summed E-state index contributed by atoms with van der Waals surface area (Å²) < 4.78 is 37.5. The maximum absolute atomic E-state index is 12.5. The lowest BCUT2D eigenvalue weighted by molar-refractivity contribution is -0.141. The van der Waals surface area contributed by atoms with Crippen molar-refractivity contribution in [2.75, 3.05) is 25.5 Å². The van der Waals surface area contributed by atoms with Gasteiger partial charge in [-0.2, -0.15) is 13.2 Å². The fourth-order valence-electron chi connectivity index (χ4n) is 1.49. The van der Waals surface area contributed by atoms with Crippen LogP contribution in [-0.4, -0.2) is 41.6 Å². The Labute approximate surface area is 150 Å². The number of anilines is 1. The van der Waals surface area contributed by atoms with Crippen LogP contribution in [0.2, 0.25) is 0 Å². The van der Waals surface area contributed by atoms with Gasteiger partial charge in [0.25, 0.3) is 0 Å². The van der Waals surface area contributed by atoms with Gasteiger partial charge >= 0.3 is 6.18 Å². The summed E-state index contributed by atoms with van der Waals surface area (Å²) in [5.41, 5.74) is -1.11. The highest BCUT2D eigenvalue weighted by Crippen LogP contribution is 2.27. The van der Waals surface area contributed by atoms with Crippen LogP contribution >= 0.6 is 24.0 Å². The molecular weight excluding hydrogens is 424 g/mol. The quantitative estimate of drug-likeness (QED) is 0.287. The number of aliphatic imine (C=N–C) groups is 1. The van der Waals surface area contributed by atoms with Gasteiger partial charge in [0.2, 0.25) is 5.95 Å². The zero-order chi connectivity index (χ0) is 16.8. The van der Waals surface area contributed by atoms with Crippen LogP contribution in [0.25, 0.3) is 0 Å². The van der Waals surface area contributed by atoms with E-state index in [1.165, 1.54) is 0 Å². The summed E-state index contributed by atoms with van der Waals surface area (Å²) in [7, 11) is 1.64.